The summed E-state index contributed by atoms with van der Waals surface area (Å²) in [6.45, 7) is 0. The van der Waals surface area contributed by atoms with Gasteiger partial charge in [-0.05, 0) is 35.9 Å². The van der Waals surface area contributed by atoms with Crippen molar-refractivity contribution in [2.45, 2.75) is 10.9 Å². The minimum Gasteiger partial charge on any atom is -0.323 e. The largest absolute Gasteiger partial charge is 0.323 e. The van der Waals surface area contributed by atoms with Gasteiger partial charge in [0.1, 0.15) is 5.82 Å². The van der Waals surface area contributed by atoms with Crippen molar-refractivity contribution in [1.29, 1.82) is 0 Å². The zero-order valence-corrected chi connectivity index (χ0v) is 12.3. The smallest absolute Gasteiger partial charge is 0.123 e. The van der Waals surface area contributed by atoms with Crippen LogP contribution in [0.1, 0.15) is 11.6 Å². The number of hydrogen-bond donors (Lipinski definition) is 1. The van der Waals surface area contributed by atoms with Gasteiger partial charge in [-0.1, -0.05) is 35.3 Å². The van der Waals surface area contributed by atoms with Gasteiger partial charge >= 0.3 is 0 Å². The molecular formula is C14H12Cl2FNS. The fourth-order valence-corrected chi connectivity index (χ4v) is 3.09. The number of benzene rings is 2. The molecule has 19 heavy (non-hydrogen) atoms. The van der Waals surface area contributed by atoms with Gasteiger partial charge in [0, 0.05) is 21.7 Å². The standard InChI is InChI=1S/C14H12Cl2FNS/c15-10-4-5-12(16)14(7-10)19-8-13(18)9-2-1-3-11(17)6-9/h1-7,13H,8,18H2. The van der Waals surface area contributed by atoms with Crippen LogP contribution in [0.4, 0.5) is 4.39 Å². The Labute approximate surface area is 125 Å². The van der Waals surface area contributed by atoms with Crippen LogP contribution in [0.15, 0.2) is 47.4 Å². The number of rotatable bonds is 4. The summed E-state index contributed by atoms with van der Waals surface area (Å²) in [6.07, 6.45) is 0. The molecule has 2 aromatic carbocycles. The monoisotopic (exact) mass is 315 g/mol. The van der Waals surface area contributed by atoms with Crippen molar-refractivity contribution in [1.82, 2.24) is 0 Å². The average Bonchev–Trinajstić information content (AvgIpc) is 2.39. The van der Waals surface area contributed by atoms with Crippen molar-refractivity contribution in [2.75, 3.05) is 5.75 Å². The summed E-state index contributed by atoms with van der Waals surface area (Å²) >= 11 is 13.5. The van der Waals surface area contributed by atoms with Crippen LogP contribution in [0.5, 0.6) is 0 Å². The topological polar surface area (TPSA) is 26.0 Å². The number of halogens is 3. The molecule has 0 aliphatic heterocycles. The minimum atomic E-state index is -0.279. The van der Waals surface area contributed by atoms with E-state index in [1.54, 1.807) is 24.3 Å². The average molecular weight is 316 g/mol. The molecule has 100 valence electrons. The summed E-state index contributed by atoms with van der Waals surface area (Å²) in [4.78, 5) is 0.876. The van der Waals surface area contributed by atoms with Crippen molar-refractivity contribution in [3.8, 4) is 0 Å². The van der Waals surface area contributed by atoms with Gasteiger partial charge in [-0.2, -0.15) is 0 Å². The van der Waals surface area contributed by atoms with E-state index >= 15 is 0 Å². The molecule has 1 unspecified atom stereocenters. The summed E-state index contributed by atoms with van der Waals surface area (Å²) in [6, 6.07) is 11.3. The Bertz CT molecular complexity index is 577. The predicted molar refractivity (Wildman–Crippen MR) is 80.5 cm³/mol. The first kappa shape index (κ1) is 14.7. The SMILES string of the molecule is NC(CSc1cc(Cl)ccc1Cl)c1cccc(F)c1. The Morgan fingerprint density at radius 3 is 2.68 bits per heavy atom. The second-order valence-electron chi connectivity index (χ2n) is 4.05. The lowest BCUT2D eigenvalue weighted by Crippen LogP contribution is -2.13. The van der Waals surface area contributed by atoms with E-state index in [4.69, 9.17) is 28.9 Å². The zero-order chi connectivity index (χ0) is 13.8. The molecule has 0 saturated carbocycles. The Kier molecular flexibility index (Phi) is 5.11. The summed E-state index contributed by atoms with van der Waals surface area (Å²) in [5.74, 6) is 0.322. The summed E-state index contributed by atoms with van der Waals surface area (Å²) < 4.78 is 13.1. The molecular weight excluding hydrogens is 304 g/mol. The first-order valence-electron chi connectivity index (χ1n) is 5.65. The molecule has 0 aliphatic carbocycles. The molecule has 0 heterocycles. The van der Waals surface area contributed by atoms with Gasteiger partial charge in [0.2, 0.25) is 0 Å². The normalized spacial score (nSPS) is 12.4. The molecule has 0 fully saturated rings. The highest BCUT2D eigenvalue weighted by Crippen LogP contribution is 2.31. The van der Waals surface area contributed by atoms with E-state index < -0.39 is 0 Å². The molecule has 0 aliphatic rings. The number of thioether (sulfide) groups is 1. The highest BCUT2D eigenvalue weighted by molar-refractivity contribution is 7.99. The first-order chi connectivity index (χ1) is 9.06. The first-order valence-corrected chi connectivity index (χ1v) is 7.39. The fourth-order valence-electron chi connectivity index (χ4n) is 1.60. The maximum absolute atomic E-state index is 13.1. The summed E-state index contributed by atoms with van der Waals surface area (Å²) in [7, 11) is 0. The minimum absolute atomic E-state index is 0.254. The molecule has 5 heteroatoms. The Morgan fingerprint density at radius 1 is 1.16 bits per heavy atom. The van der Waals surface area contributed by atoms with Gasteiger partial charge in [0.15, 0.2) is 0 Å². The van der Waals surface area contributed by atoms with Gasteiger partial charge < -0.3 is 5.73 Å². The van der Waals surface area contributed by atoms with Crippen LogP contribution in [-0.2, 0) is 0 Å². The number of hydrogen-bond acceptors (Lipinski definition) is 2. The second kappa shape index (κ2) is 6.62. The third-order valence-corrected chi connectivity index (χ3v) is 4.44. The second-order valence-corrected chi connectivity index (χ2v) is 5.95. The van der Waals surface area contributed by atoms with Crippen LogP contribution in [0.3, 0.4) is 0 Å². The van der Waals surface area contributed by atoms with E-state index in [-0.39, 0.29) is 11.9 Å². The highest BCUT2D eigenvalue weighted by atomic mass is 35.5. The molecule has 0 radical (unpaired) electrons. The van der Waals surface area contributed by atoms with Gasteiger partial charge in [0.25, 0.3) is 0 Å². The Balaban J connectivity index is 2.04. The van der Waals surface area contributed by atoms with Crippen molar-refractivity contribution < 1.29 is 4.39 Å². The van der Waals surface area contributed by atoms with Crippen LogP contribution in [0, 0.1) is 5.82 Å². The molecule has 2 aromatic rings. The maximum Gasteiger partial charge on any atom is 0.123 e. The Morgan fingerprint density at radius 2 is 1.95 bits per heavy atom. The van der Waals surface area contributed by atoms with Crippen LogP contribution < -0.4 is 5.73 Å². The lowest BCUT2D eigenvalue weighted by atomic mass is 10.1. The lowest BCUT2D eigenvalue weighted by Gasteiger charge is -2.12. The molecule has 0 aromatic heterocycles. The van der Waals surface area contributed by atoms with Crippen LogP contribution >= 0.6 is 35.0 Å². The molecule has 1 atom stereocenters. The van der Waals surface area contributed by atoms with Gasteiger partial charge in [0.05, 0.1) is 5.02 Å². The highest BCUT2D eigenvalue weighted by Gasteiger charge is 2.09. The lowest BCUT2D eigenvalue weighted by molar-refractivity contribution is 0.622. The van der Waals surface area contributed by atoms with E-state index in [2.05, 4.69) is 0 Å². The third-order valence-electron chi connectivity index (χ3n) is 2.59. The van der Waals surface area contributed by atoms with Crippen LogP contribution in [0.2, 0.25) is 10.0 Å². The molecule has 2 N–H and O–H groups in total. The Hall–Kier alpha value is -0.740. The number of nitrogens with two attached hydrogens (primary N) is 1. The maximum atomic E-state index is 13.1. The molecule has 0 amide bonds. The van der Waals surface area contributed by atoms with Crippen molar-refractivity contribution in [3.05, 3.63) is 63.9 Å². The molecule has 0 bridgehead atoms. The molecule has 0 saturated heterocycles. The predicted octanol–water partition coefficient (Wildman–Crippen LogP) is 4.92. The van der Waals surface area contributed by atoms with E-state index in [1.165, 1.54) is 23.9 Å². The molecule has 2 rings (SSSR count). The van der Waals surface area contributed by atoms with Gasteiger partial charge in [-0.3, -0.25) is 0 Å². The summed E-state index contributed by atoms with van der Waals surface area (Å²) in [5, 5.41) is 1.27. The van der Waals surface area contributed by atoms with Gasteiger partial charge in [-0.15, -0.1) is 11.8 Å². The quantitative estimate of drug-likeness (QED) is 0.810. The van der Waals surface area contributed by atoms with Gasteiger partial charge in [-0.25, -0.2) is 4.39 Å². The fraction of sp³-hybridized carbons (Fsp3) is 0.143. The van der Waals surface area contributed by atoms with Crippen molar-refractivity contribution in [3.63, 3.8) is 0 Å². The summed E-state index contributed by atoms with van der Waals surface area (Å²) in [5.41, 5.74) is 6.81. The van der Waals surface area contributed by atoms with E-state index in [1.807, 2.05) is 6.07 Å². The molecule has 1 nitrogen and oxygen atoms in total. The zero-order valence-electron chi connectivity index (χ0n) is 9.95. The van der Waals surface area contributed by atoms with E-state index in [0.717, 1.165) is 10.5 Å². The van der Waals surface area contributed by atoms with Crippen LogP contribution in [0.25, 0.3) is 0 Å². The van der Waals surface area contributed by atoms with E-state index in [0.29, 0.717) is 15.8 Å². The molecule has 0 spiro atoms. The van der Waals surface area contributed by atoms with Crippen molar-refractivity contribution >= 4 is 35.0 Å². The van der Waals surface area contributed by atoms with E-state index in [9.17, 15) is 4.39 Å². The third kappa shape index (κ3) is 4.11. The van der Waals surface area contributed by atoms with Crippen molar-refractivity contribution in [2.24, 2.45) is 5.73 Å². The van der Waals surface area contributed by atoms with Crippen LogP contribution in [-0.4, -0.2) is 5.75 Å².